The average molecular weight is 337 g/mol. The molecule has 1 unspecified atom stereocenters. The van der Waals surface area contributed by atoms with Gasteiger partial charge in [-0.2, -0.15) is 28.5 Å². The van der Waals surface area contributed by atoms with E-state index in [1.54, 1.807) is 17.8 Å². The van der Waals surface area contributed by atoms with Crippen LogP contribution in [0.1, 0.15) is 18.2 Å². The Balaban J connectivity index is 1.87. The van der Waals surface area contributed by atoms with Gasteiger partial charge in [0.2, 0.25) is 5.95 Å². The molecule has 2 aromatic rings. The van der Waals surface area contributed by atoms with Crippen molar-refractivity contribution < 1.29 is 13.2 Å². The van der Waals surface area contributed by atoms with Gasteiger partial charge in [0.15, 0.2) is 0 Å². The molecule has 1 aliphatic rings. The fourth-order valence-corrected chi connectivity index (χ4v) is 2.55. The van der Waals surface area contributed by atoms with Gasteiger partial charge in [-0.3, -0.25) is 4.68 Å². The zero-order valence-electron chi connectivity index (χ0n) is 12.7. The number of nitriles is 1. The Morgan fingerprint density at radius 1 is 1.42 bits per heavy atom. The predicted octanol–water partition coefficient (Wildman–Crippen LogP) is 2.56. The Labute approximate surface area is 135 Å². The summed E-state index contributed by atoms with van der Waals surface area (Å²) in [6, 6.07) is 2.18. The van der Waals surface area contributed by atoms with Crippen LogP contribution in [0.25, 0.3) is 0 Å². The van der Waals surface area contributed by atoms with Crippen molar-refractivity contribution >= 4 is 17.5 Å². The van der Waals surface area contributed by atoms with Crippen LogP contribution in [0.4, 0.5) is 30.6 Å². The smallest absolute Gasteiger partial charge is 0.370 e. The second-order valence-electron chi connectivity index (χ2n) is 5.33. The van der Waals surface area contributed by atoms with Gasteiger partial charge in [0.25, 0.3) is 0 Å². The van der Waals surface area contributed by atoms with Crippen LogP contribution < -0.4 is 10.6 Å². The molecule has 0 saturated heterocycles. The van der Waals surface area contributed by atoms with Crippen molar-refractivity contribution in [2.45, 2.75) is 26.1 Å². The zero-order valence-corrected chi connectivity index (χ0v) is 12.7. The number of nitrogens with one attached hydrogen (secondary N) is 2. The molecular weight excluding hydrogens is 323 g/mol. The van der Waals surface area contributed by atoms with E-state index in [-0.39, 0.29) is 17.7 Å². The lowest BCUT2D eigenvalue weighted by Crippen LogP contribution is -2.14. The number of nitrogens with zero attached hydrogens (tertiary/aromatic N) is 5. The van der Waals surface area contributed by atoms with E-state index in [0.717, 1.165) is 11.9 Å². The van der Waals surface area contributed by atoms with Gasteiger partial charge in [-0.1, -0.05) is 0 Å². The Morgan fingerprint density at radius 3 is 2.88 bits per heavy atom. The lowest BCUT2D eigenvalue weighted by atomic mass is 10.1. The molecule has 7 nitrogen and oxygen atoms in total. The molecule has 0 bridgehead atoms. The molecule has 0 radical (unpaired) electrons. The summed E-state index contributed by atoms with van der Waals surface area (Å²) in [5.41, 5.74) is 0.490. The Kier molecular flexibility index (Phi) is 4.01. The highest BCUT2D eigenvalue weighted by molar-refractivity contribution is 5.59. The number of hydrogen-bond donors (Lipinski definition) is 2. The summed E-state index contributed by atoms with van der Waals surface area (Å²) in [4.78, 5) is 7.66. The molecule has 1 atom stereocenters. The van der Waals surface area contributed by atoms with Crippen LogP contribution in [0, 0.1) is 17.2 Å². The van der Waals surface area contributed by atoms with Gasteiger partial charge >= 0.3 is 6.18 Å². The van der Waals surface area contributed by atoms with E-state index in [9.17, 15) is 13.2 Å². The van der Waals surface area contributed by atoms with E-state index >= 15 is 0 Å². The molecule has 3 heterocycles. The number of anilines is 3. The molecule has 126 valence electrons. The van der Waals surface area contributed by atoms with Gasteiger partial charge in [0, 0.05) is 19.2 Å². The standard InChI is InChI=1S/C14H14F3N7/c1-2-19-12-9(14(15,16)17)5-20-13(23-12)22-10-6-21-24-7-8(4-18)3-11(10)24/h5-6,8H,2-3,7H2,1H3,(H2,19,20,22,23). The number of rotatable bonds is 4. The van der Waals surface area contributed by atoms with Gasteiger partial charge in [-0.05, 0) is 6.92 Å². The molecule has 0 aromatic carbocycles. The molecular formula is C14H14F3N7. The second-order valence-corrected chi connectivity index (χ2v) is 5.33. The third-order valence-corrected chi connectivity index (χ3v) is 3.65. The first-order valence-electron chi connectivity index (χ1n) is 7.31. The van der Waals surface area contributed by atoms with Gasteiger partial charge < -0.3 is 10.6 Å². The molecule has 1 aliphatic heterocycles. The summed E-state index contributed by atoms with van der Waals surface area (Å²) < 4.78 is 40.6. The minimum absolute atomic E-state index is 0.0372. The van der Waals surface area contributed by atoms with Crippen molar-refractivity contribution in [1.29, 1.82) is 5.26 Å². The van der Waals surface area contributed by atoms with Crippen molar-refractivity contribution in [3.8, 4) is 6.07 Å². The normalized spacial score (nSPS) is 16.5. The van der Waals surface area contributed by atoms with Gasteiger partial charge in [0.05, 0.1) is 36.1 Å². The van der Waals surface area contributed by atoms with Crippen molar-refractivity contribution in [3.05, 3.63) is 23.7 Å². The van der Waals surface area contributed by atoms with Crippen molar-refractivity contribution in [2.24, 2.45) is 5.92 Å². The summed E-state index contributed by atoms with van der Waals surface area (Å²) >= 11 is 0. The number of alkyl halides is 3. The molecule has 2 aromatic heterocycles. The lowest BCUT2D eigenvalue weighted by Gasteiger charge is -2.13. The molecule has 0 aliphatic carbocycles. The van der Waals surface area contributed by atoms with Crippen molar-refractivity contribution in [2.75, 3.05) is 17.2 Å². The molecule has 2 N–H and O–H groups in total. The average Bonchev–Trinajstić information content (AvgIpc) is 3.08. The van der Waals surface area contributed by atoms with Crippen molar-refractivity contribution in [3.63, 3.8) is 0 Å². The molecule has 3 rings (SSSR count). The predicted molar refractivity (Wildman–Crippen MR) is 79.5 cm³/mol. The minimum Gasteiger partial charge on any atom is -0.370 e. The minimum atomic E-state index is -4.53. The number of hydrogen-bond acceptors (Lipinski definition) is 6. The number of halogens is 3. The summed E-state index contributed by atoms with van der Waals surface area (Å²) in [6.45, 7) is 2.48. The highest BCUT2D eigenvalue weighted by Crippen LogP contribution is 2.34. The van der Waals surface area contributed by atoms with Crippen LogP contribution in [-0.4, -0.2) is 26.3 Å². The van der Waals surface area contributed by atoms with Gasteiger partial charge in [-0.25, -0.2) is 4.98 Å². The number of fused-ring (bicyclic) bond motifs is 1. The van der Waals surface area contributed by atoms with E-state index in [1.807, 2.05) is 0 Å². The first-order valence-corrected chi connectivity index (χ1v) is 7.31. The quantitative estimate of drug-likeness (QED) is 0.891. The Morgan fingerprint density at radius 2 is 2.21 bits per heavy atom. The molecule has 0 spiro atoms. The van der Waals surface area contributed by atoms with Crippen LogP contribution >= 0.6 is 0 Å². The largest absolute Gasteiger partial charge is 0.421 e. The summed E-state index contributed by atoms with van der Waals surface area (Å²) in [7, 11) is 0. The molecule has 0 saturated carbocycles. The fraction of sp³-hybridized carbons (Fsp3) is 0.429. The maximum Gasteiger partial charge on any atom is 0.421 e. The van der Waals surface area contributed by atoms with Crippen LogP contribution in [0.15, 0.2) is 12.4 Å². The second kappa shape index (κ2) is 5.99. The number of aromatic nitrogens is 4. The SMILES string of the molecule is CCNc1nc(Nc2cnn3c2CC(C#N)C3)ncc1C(F)(F)F. The van der Waals surface area contributed by atoms with E-state index in [2.05, 4.69) is 31.8 Å². The first kappa shape index (κ1) is 16.0. The first-order chi connectivity index (χ1) is 11.4. The van der Waals surface area contributed by atoms with Gasteiger partial charge in [-0.15, -0.1) is 0 Å². The van der Waals surface area contributed by atoms with E-state index in [4.69, 9.17) is 5.26 Å². The van der Waals surface area contributed by atoms with Crippen molar-refractivity contribution in [1.82, 2.24) is 19.7 Å². The molecule has 0 fully saturated rings. The lowest BCUT2D eigenvalue weighted by molar-refractivity contribution is -0.137. The van der Waals surface area contributed by atoms with E-state index in [1.165, 1.54) is 0 Å². The topological polar surface area (TPSA) is 91.5 Å². The van der Waals surface area contributed by atoms with Crippen LogP contribution in [0.2, 0.25) is 0 Å². The van der Waals surface area contributed by atoms with Crippen LogP contribution in [-0.2, 0) is 19.1 Å². The molecule has 0 amide bonds. The molecule has 10 heteroatoms. The fourth-order valence-electron chi connectivity index (χ4n) is 2.55. The Hall–Kier alpha value is -2.83. The van der Waals surface area contributed by atoms with E-state index < -0.39 is 11.7 Å². The molecule has 24 heavy (non-hydrogen) atoms. The van der Waals surface area contributed by atoms with Gasteiger partial charge in [0.1, 0.15) is 11.4 Å². The summed E-state index contributed by atoms with van der Waals surface area (Å²) in [6.07, 6.45) is -1.71. The summed E-state index contributed by atoms with van der Waals surface area (Å²) in [5, 5.41) is 18.6. The summed E-state index contributed by atoms with van der Waals surface area (Å²) in [5.74, 6) is -0.392. The maximum absolute atomic E-state index is 13.0. The highest BCUT2D eigenvalue weighted by atomic mass is 19.4. The highest BCUT2D eigenvalue weighted by Gasteiger charge is 2.35. The maximum atomic E-state index is 13.0. The zero-order chi connectivity index (χ0) is 17.3. The third-order valence-electron chi connectivity index (χ3n) is 3.65. The Bertz CT molecular complexity index is 791. The van der Waals surface area contributed by atoms with E-state index in [0.29, 0.717) is 25.2 Å². The van der Waals surface area contributed by atoms with Crippen LogP contribution in [0.3, 0.4) is 0 Å². The third kappa shape index (κ3) is 2.97. The monoisotopic (exact) mass is 337 g/mol. The van der Waals surface area contributed by atoms with Crippen LogP contribution in [0.5, 0.6) is 0 Å².